The van der Waals surface area contributed by atoms with Gasteiger partial charge in [-0.25, -0.2) is 0 Å². The fourth-order valence-corrected chi connectivity index (χ4v) is 2.30. The van der Waals surface area contributed by atoms with Crippen LogP contribution in [0.3, 0.4) is 0 Å². The highest BCUT2D eigenvalue weighted by Gasteiger charge is 2.26. The van der Waals surface area contributed by atoms with Crippen LogP contribution in [0.4, 0.5) is 0 Å². The number of methoxy groups -OCH3 is 1. The van der Waals surface area contributed by atoms with Gasteiger partial charge in [-0.05, 0) is 44.6 Å². The Hall–Kier alpha value is -0.120. The second kappa shape index (κ2) is 7.20. The van der Waals surface area contributed by atoms with E-state index >= 15 is 0 Å². The van der Waals surface area contributed by atoms with Crippen molar-refractivity contribution in [3.63, 3.8) is 0 Å². The van der Waals surface area contributed by atoms with Gasteiger partial charge in [-0.2, -0.15) is 0 Å². The maximum Gasteiger partial charge on any atom is 0.0569 e. The Morgan fingerprint density at radius 3 is 2.73 bits per heavy atom. The van der Waals surface area contributed by atoms with Crippen molar-refractivity contribution in [2.24, 2.45) is 17.6 Å². The van der Waals surface area contributed by atoms with Gasteiger partial charge in [-0.3, -0.25) is 0 Å². The number of hydrogen-bond acceptors (Lipinski definition) is 3. The topological polar surface area (TPSA) is 44.5 Å². The lowest BCUT2D eigenvalue weighted by molar-refractivity contribution is 0.0141. The van der Waals surface area contributed by atoms with Crippen molar-refractivity contribution in [2.45, 2.75) is 38.7 Å². The third-order valence-electron chi connectivity index (χ3n) is 3.44. The lowest BCUT2D eigenvalue weighted by Gasteiger charge is -2.20. The van der Waals surface area contributed by atoms with Crippen LogP contribution in [0.25, 0.3) is 0 Å². The number of ether oxygens (including phenoxy) is 2. The normalized spacial score (nSPS) is 28.2. The van der Waals surface area contributed by atoms with E-state index in [0.29, 0.717) is 17.9 Å². The summed E-state index contributed by atoms with van der Waals surface area (Å²) in [5, 5.41) is 0. The van der Waals surface area contributed by atoms with Crippen molar-refractivity contribution in [2.75, 3.05) is 26.9 Å². The molecule has 15 heavy (non-hydrogen) atoms. The summed E-state index contributed by atoms with van der Waals surface area (Å²) in [5.74, 6) is 1.39. The molecule has 90 valence electrons. The Bertz CT molecular complexity index is 164. The Kier molecular flexibility index (Phi) is 6.22. The van der Waals surface area contributed by atoms with E-state index in [9.17, 15) is 0 Å². The summed E-state index contributed by atoms with van der Waals surface area (Å²) < 4.78 is 10.9. The van der Waals surface area contributed by atoms with Crippen LogP contribution in [-0.2, 0) is 9.47 Å². The molecule has 0 saturated heterocycles. The van der Waals surface area contributed by atoms with E-state index in [4.69, 9.17) is 15.2 Å². The van der Waals surface area contributed by atoms with Crippen molar-refractivity contribution in [3.05, 3.63) is 0 Å². The van der Waals surface area contributed by atoms with E-state index in [-0.39, 0.29) is 0 Å². The largest absolute Gasteiger partial charge is 0.385 e. The lowest BCUT2D eigenvalue weighted by Crippen LogP contribution is -2.24. The predicted molar refractivity (Wildman–Crippen MR) is 61.8 cm³/mol. The molecule has 3 heteroatoms. The van der Waals surface area contributed by atoms with Crippen LogP contribution < -0.4 is 5.73 Å². The zero-order valence-corrected chi connectivity index (χ0v) is 10.1. The van der Waals surface area contributed by atoms with Crippen LogP contribution >= 0.6 is 0 Å². The van der Waals surface area contributed by atoms with E-state index in [1.54, 1.807) is 7.11 Å². The molecule has 1 rings (SSSR count). The highest BCUT2D eigenvalue weighted by Crippen LogP contribution is 2.31. The van der Waals surface area contributed by atoms with Crippen LogP contribution in [-0.4, -0.2) is 33.0 Å². The molecule has 3 nitrogen and oxygen atoms in total. The SMILES string of the molecule is COCCC(C)OCC1CCCC1CN. The minimum absolute atomic E-state index is 0.309. The zero-order valence-electron chi connectivity index (χ0n) is 10.1. The average Bonchev–Trinajstić information content (AvgIpc) is 2.70. The molecule has 0 radical (unpaired) electrons. The van der Waals surface area contributed by atoms with Gasteiger partial charge in [0.05, 0.1) is 12.7 Å². The molecule has 3 atom stereocenters. The minimum Gasteiger partial charge on any atom is -0.385 e. The Morgan fingerprint density at radius 1 is 1.33 bits per heavy atom. The monoisotopic (exact) mass is 215 g/mol. The minimum atomic E-state index is 0.309. The molecular weight excluding hydrogens is 190 g/mol. The quantitative estimate of drug-likeness (QED) is 0.704. The smallest absolute Gasteiger partial charge is 0.0569 e. The zero-order chi connectivity index (χ0) is 11.1. The first-order valence-corrected chi connectivity index (χ1v) is 6.08. The van der Waals surface area contributed by atoms with Crippen LogP contribution in [0.5, 0.6) is 0 Å². The number of hydrogen-bond donors (Lipinski definition) is 1. The Balaban J connectivity index is 2.12. The first-order valence-electron chi connectivity index (χ1n) is 6.08. The maximum absolute atomic E-state index is 5.82. The molecule has 2 N–H and O–H groups in total. The summed E-state index contributed by atoms with van der Waals surface area (Å²) in [5.41, 5.74) is 5.74. The van der Waals surface area contributed by atoms with Gasteiger partial charge in [0.2, 0.25) is 0 Å². The van der Waals surface area contributed by atoms with Crippen molar-refractivity contribution >= 4 is 0 Å². The van der Waals surface area contributed by atoms with E-state index in [1.165, 1.54) is 19.3 Å². The molecule has 1 aliphatic carbocycles. The molecule has 0 amide bonds. The summed E-state index contributed by atoms with van der Waals surface area (Å²) in [7, 11) is 1.73. The number of rotatable bonds is 7. The van der Waals surface area contributed by atoms with Gasteiger partial charge in [-0.1, -0.05) is 6.42 Å². The molecule has 0 aromatic rings. The molecule has 1 saturated carbocycles. The molecular formula is C12H25NO2. The van der Waals surface area contributed by atoms with Crippen molar-refractivity contribution < 1.29 is 9.47 Å². The third-order valence-corrected chi connectivity index (χ3v) is 3.44. The molecule has 0 spiro atoms. The van der Waals surface area contributed by atoms with Crippen LogP contribution in [0.2, 0.25) is 0 Å². The van der Waals surface area contributed by atoms with Gasteiger partial charge in [0.1, 0.15) is 0 Å². The molecule has 3 unspecified atom stereocenters. The average molecular weight is 215 g/mol. The van der Waals surface area contributed by atoms with E-state index in [2.05, 4.69) is 6.92 Å². The fourth-order valence-electron chi connectivity index (χ4n) is 2.30. The van der Waals surface area contributed by atoms with Gasteiger partial charge >= 0.3 is 0 Å². The Labute approximate surface area is 93.3 Å². The highest BCUT2D eigenvalue weighted by atomic mass is 16.5. The summed E-state index contributed by atoms with van der Waals surface area (Å²) >= 11 is 0. The molecule has 1 fully saturated rings. The number of nitrogens with two attached hydrogens (primary N) is 1. The molecule has 1 aliphatic rings. The van der Waals surface area contributed by atoms with Crippen molar-refractivity contribution in [1.29, 1.82) is 0 Å². The van der Waals surface area contributed by atoms with Crippen molar-refractivity contribution in [1.82, 2.24) is 0 Å². The van der Waals surface area contributed by atoms with Crippen LogP contribution in [0, 0.1) is 11.8 Å². The summed E-state index contributed by atoms with van der Waals surface area (Å²) in [6.07, 6.45) is 5.19. The molecule has 0 heterocycles. The lowest BCUT2D eigenvalue weighted by atomic mass is 9.97. The molecule has 0 aliphatic heterocycles. The summed E-state index contributed by atoms with van der Waals surface area (Å²) in [6, 6.07) is 0. The van der Waals surface area contributed by atoms with Gasteiger partial charge in [0.15, 0.2) is 0 Å². The summed E-state index contributed by atoms with van der Waals surface area (Å²) in [4.78, 5) is 0. The van der Waals surface area contributed by atoms with Crippen molar-refractivity contribution in [3.8, 4) is 0 Å². The van der Waals surface area contributed by atoms with E-state index in [1.807, 2.05) is 0 Å². The van der Waals surface area contributed by atoms with Gasteiger partial charge in [-0.15, -0.1) is 0 Å². The molecule has 0 aromatic heterocycles. The molecule has 0 aromatic carbocycles. The second-order valence-electron chi connectivity index (χ2n) is 4.61. The highest BCUT2D eigenvalue weighted by molar-refractivity contribution is 4.78. The molecule has 0 bridgehead atoms. The van der Waals surface area contributed by atoms with Crippen LogP contribution in [0.1, 0.15) is 32.6 Å². The summed E-state index contributed by atoms with van der Waals surface area (Å²) in [6.45, 7) is 4.60. The van der Waals surface area contributed by atoms with Gasteiger partial charge < -0.3 is 15.2 Å². The van der Waals surface area contributed by atoms with Crippen LogP contribution in [0.15, 0.2) is 0 Å². The van der Waals surface area contributed by atoms with E-state index in [0.717, 1.165) is 26.2 Å². The predicted octanol–water partition coefficient (Wildman–Crippen LogP) is 1.80. The van der Waals surface area contributed by atoms with Gasteiger partial charge in [0, 0.05) is 13.7 Å². The van der Waals surface area contributed by atoms with Gasteiger partial charge in [0.25, 0.3) is 0 Å². The second-order valence-corrected chi connectivity index (χ2v) is 4.61. The standard InChI is InChI=1S/C12H25NO2/c1-10(6-7-14-2)15-9-12-5-3-4-11(12)8-13/h10-12H,3-9,13H2,1-2H3. The first-order chi connectivity index (χ1) is 7.27. The maximum atomic E-state index is 5.82. The third kappa shape index (κ3) is 4.49. The van der Waals surface area contributed by atoms with E-state index < -0.39 is 0 Å². The Morgan fingerprint density at radius 2 is 2.07 bits per heavy atom. The first kappa shape index (κ1) is 12.9. The fraction of sp³-hybridized carbons (Fsp3) is 1.00.